The summed E-state index contributed by atoms with van der Waals surface area (Å²) in [6, 6.07) is 19.3. The van der Waals surface area contributed by atoms with E-state index >= 15 is 0 Å². The van der Waals surface area contributed by atoms with Crippen molar-refractivity contribution in [2.75, 3.05) is 0 Å². The third-order valence-corrected chi connectivity index (χ3v) is 2.82. The van der Waals surface area contributed by atoms with Gasteiger partial charge in [0, 0.05) is 11.1 Å². The van der Waals surface area contributed by atoms with Crippen LogP contribution in [0.15, 0.2) is 70.6 Å². The van der Waals surface area contributed by atoms with Crippen molar-refractivity contribution < 1.29 is 0 Å². The Morgan fingerprint density at radius 3 is 1.30 bits per heavy atom. The van der Waals surface area contributed by atoms with Gasteiger partial charge in [-0.05, 0) is 24.4 Å². The van der Waals surface area contributed by atoms with E-state index in [2.05, 4.69) is 20.3 Å². The molecule has 0 radical (unpaired) electrons. The fraction of sp³-hybridized carbons (Fsp3) is 0. The zero-order valence-electron chi connectivity index (χ0n) is 10.5. The van der Waals surface area contributed by atoms with Gasteiger partial charge in [-0.1, -0.05) is 60.7 Å². The molecule has 20 heavy (non-hydrogen) atoms. The van der Waals surface area contributed by atoms with Crippen LogP contribution < -0.4 is 0 Å². The van der Waals surface area contributed by atoms with Crippen LogP contribution in [0.1, 0.15) is 11.1 Å². The molecule has 0 aliphatic carbocycles. The number of hydrogen-bond donors (Lipinski definition) is 0. The van der Waals surface area contributed by atoms with E-state index in [9.17, 15) is 0 Å². The van der Waals surface area contributed by atoms with Crippen LogP contribution in [0.25, 0.3) is 11.4 Å². The van der Waals surface area contributed by atoms with Crippen molar-refractivity contribution in [2.45, 2.75) is 0 Å². The summed E-state index contributed by atoms with van der Waals surface area (Å²) >= 11 is 9.49. The number of benzene rings is 2. The lowest BCUT2D eigenvalue weighted by Crippen LogP contribution is -1.88. The molecule has 0 N–H and O–H groups in total. The van der Waals surface area contributed by atoms with E-state index in [1.165, 1.54) is 0 Å². The molecule has 0 atom stereocenters. The van der Waals surface area contributed by atoms with Crippen molar-refractivity contribution in [1.29, 1.82) is 0 Å². The molecular formula is C16H10N2S2. The smallest absolute Gasteiger partial charge is 0.108 e. The molecule has 2 aromatic rings. The molecule has 2 rings (SSSR count). The van der Waals surface area contributed by atoms with Gasteiger partial charge in [0.2, 0.25) is 0 Å². The van der Waals surface area contributed by atoms with E-state index in [1.807, 2.05) is 60.7 Å². The molecule has 0 aliphatic heterocycles. The Morgan fingerprint density at radius 2 is 1.00 bits per heavy atom. The Kier molecular flexibility index (Phi) is 5.24. The van der Waals surface area contributed by atoms with Crippen molar-refractivity contribution in [1.82, 2.24) is 0 Å². The predicted molar refractivity (Wildman–Crippen MR) is 89.8 cm³/mol. The fourth-order valence-electron chi connectivity index (χ4n) is 1.79. The summed E-state index contributed by atoms with van der Waals surface area (Å²) in [5.74, 6) is 0. The Hall–Kier alpha value is -2.22. The first-order valence-corrected chi connectivity index (χ1v) is 6.69. The lowest BCUT2D eigenvalue weighted by atomic mass is 10.1. The zero-order chi connectivity index (χ0) is 14.2. The quantitative estimate of drug-likeness (QED) is 0.463. The predicted octanol–water partition coefficient (Wildman–Crippen LogP) is 4.72. The lowest BCUT2D eigenvalue weighted by molar-refractivity contribution is 1.45. The Morgan fingerprint density at radius 1 is 0.650 bits per heavy atom. The summed E-state index contributed by atoms with van der Waals surface area (Å²) in [7, 11) is 0. The van der Waals surface area contributed by atoms with Crippen LogP contribution in [-0.4, -0.2) is 10.3 Å². The molecule has 0 heterocycles. The topological polar surface area (TPSA) is 24.7 Å². The van der Waals surface area contributed by atoms with Gasteiger partial charge in [-0.2, -0.15) is 9.98 Å². The van der Waals surface area contributed by atoms with Crippen LogP contribution in [0.5, 0.6) is 0 Å². The third kappa shape index (κ3) is 3.41. The summed E-state index contributed by atoms with van der Waals surface area (Å²) in [4.78, 5) is 8.31. The maximum Gasteiger partial charge on any atom is 0.108 e. The summed E-state index contributed by atoms with van der Waals surface area (Å²) in [5.41, 5.74) is 3.06. The Balaban J connectivity index is 2.73. The average molecular weight is 294 g/mol. The minimum atomic E-state index is 0.629. The highest BCUT2D eigenvalue weighted by Gasteiger charge is 2.10. The molecule has 0 aromatic heterocycles. The van der Waals surface area contributed by atoms with E-state index in [4.69, 9.17) is 24.4 Å². The van der Waals surface area contributed by atoms with Gasteiger partial charge in [-0.25, -0.2) is 0 Å². The third-order valence-electron chi connectivity index (χ3n) is 2.63. The summed E-state index contributed by atoms with van der Waals surface area (Å²) in [6.07, 6.45) is 0. The molecule has 0 saturated carbocycles. The monoisotopic (exact) mass is 294 g/mol. The second-order valence-corrected chi connectivity index (χ2v) is 4.20. The van der Waals surface area contributed by atoms with Crippen LogP contribution in [0.4, 0.5) is 0 Å². The summed E-state index contributed by atoms with van der Waals surface area (Å²) < 4.78 is 0. The number of nitrogens with zero attached hydrogens (tertiary/aromatic N) is 2. The van der Waals surface area contributed by atoms with Gasteiger partial charge in [0.05, 0.1) is 10.3 Å². The van der Waals surface area contributed by atoms with Gasteiger partial charge in [0.15, 0.2) is 0 Å². The fourth-order valence-corrected chi connectivity index (χ4v) is 1.97. The highest BCUT2D eigenvalue weighted by atomic mass is 32.1. The number of hydrogen-bond acceptors (Lipinski definition) is 4. The minimum absolute atomic E-state index is 0.629. The van der Waals surface area contributed by atoms with Crippen LogP contribution in [-0.2, 0) is 0 Å². The first kappa shape index (κ1) is 14.2. The standard InChI is InChI=1S/C16H10N2S2/c19-11-17-15(13-7-3-1-4-8-13)16(18-12-20)14-9-5-2-6-10-14/h1-10H. The van der Waals surface area contributed by atoms with Gasteiger partial charge < -0.3 is 0 Å². The molecule has 96 valence electrons. The van der Waals surface area contributed by atoms with Crippen LogP contribution in [0.2, 0.25) is 0 Å². The van der Waals surface area contributed by atoms with Crippen molar-refractivity contribution in [3.8, 4) is 0 Å². The second-order valence-electron chi connectivity index (χ2n) is 3.84. The van der Waals surface area contributed by atoms with E-state index in [-0.39, 0.29) is 0 Å². The van der Waals surface area contributed by atoms with Gasteiger partial charge in [-0.15, -0.1) is 0 Å². The largest absolute Gasteiger partial charge is 0.192 e. The molecule has 0 amide bonds. The summed E-state index contributed by atoms with van der Waals surface area (Å²) in [6.45, 7) is 0. The Bertz CT molecular complexity index is 645. The molecule has 0 saturated heterocycles. The number of aliphatic imine (C=N–C) groups is 2. The minimum Gasteiger partial charge on any atom is -0.192 e. The van der Waals surface area contributed by atoms with E-state index in [1.54, 1.807) is 0 Å². The van der Waals surface area contributed by atoms with Crippen molar-refractivity contribution in [2.24, 2.45) is 9.98 Å². The molecule has 0 bridgehead atoms. The van der Waals surface area contributed by atoms with Crippen molar-refractivity contribution in [3.05, 3.63) is 71.8 Å². The van der Waals surface area contributed by atoms with Gasteiger partial charge >= 0.3 is 0 Å². The normalized spacial score (nSPS) is 10.8. The van der Waals surface area contributed by atoms with Crippen molar-refractivity contribution in [3.63, 3.8) is 0 Å². The van der Waals surface area contributed by atoms with E-state index in [0.29, 0.717) is 11.4 Å². The van der Waals surface area contributed by atoms with Gasteiger partial charge in [0.25, 0.3) is 0 Å². The number of isothiocyanates is 2. The molecule has 2 nitrogen and oxygen atoms in total. The van der Waals surface area contributed by atoms with E-state index in [0.717, 1.165) is 11.1 Å². The average Bonchev–Trinajstić information content (AvgIpc) is 2.52. The number of rotatable bonds is 4. The SMILES string of the molecule is S=C=NC(=C(N=C=S)c1ccccc1)c1ccccc1. The second kappa shape index (κ2) is 7.39. The lowest BCUT2D eigenvalue weighted by Gasteiger charge is -2.06. The van der Waals surface area contributed by atoms with Crippen LogP contribution in [0, 0.1) is 0 Å². The van der Waals surface area contributed by atoms with Gasteiger partial charge in [-0.3, -0.25) is 0 Å². The van der Waals surface area contributed by atoms with Crippen LogP contribution >= 0.6 is 24.4 Å². The molecule has 0 unspecified atom stereocenters. The molecule has 0 aliphatic rings. The first-order chi connectivity index (χ1) is 9.86. The van der Waals surface area contributed by atoms with Gasteiger partial charge in [0.1, 0.15) is 11.4 Å². The molecule has 0 fully saturated rings. The maximum atomic E-state index is 4.74. The molecule has 2 aromatic carbocycles. The van der Waals surface area contributed by atoms with Crippen molar-refractivity contribution >= 4 is 46.2 Å². The zero-order valence-corrected chi connectivity index (χ0v) is 12.1. The maximum absolute atomic E-state index is 4.74. The molecular weight excluding hydrogens is 284 g/mol. The number of thiocarbonyl (C=S) groups is 2. The molecule has 4 heteroatoms. The summed E-state index contributed by atoms with van der Waals surface area (Å²) in [5, 5.41) is 4.81. The highest BCUT2D eigenvalue weighted by molar-refractivity contribution is 7.78. The Labute approximate surface area is 128 Å². The first-order valence-electron chi connectivity index (χ1n) is 5.87. The highest BCUT2D eigenvalue weighted by Crippen LogP contribution is 2.27. The van der Waals surface area contributed by atoms with E-state index < -0.39 is 0 Å². The molecule has 0 spiro atoms. The van der Waals surface area contributed by atoms with Crippen LogP contribution in [0.3, 0.4) is 0 Å².